The average molecular weight is 324 g/mol. The molecular weight excluding hydrogens is 308 g/mol. The Kier molecular flexibility index (Phi) is 4.87. The molecule has 0 saturated carbocycles. The van der Waals surface area contributed by atoms with E-state index >= 15 is 0 Å². The van der Waals surface area contributed by atoms with Crippen molar-refractivity contribution in [3.8, 4) is 11.5 Å². The fourth-order valence-corrected chi connectivity index (χ4v) is 2.23. The minimum atomic E-state index is -0.951. The van der Waals surface area contributed by atoms with Crippen LogP contribution >= 0.6 is 0 Å². The molecule has 0 aliphatic rings. The van der Waals surface area contributed by atoms with E-state index in [1.165, 1.54) is 0 Å². The molecule has 2 rings (SSSR count). The largest absolute Gasteiger partial charge is 0.502 e. The van der Waals surface area contributed by atoms with Crippen molar-refractivity contribution in [2.45, 2.75) is 32.5 Å². The number of aliphatic hydroxyl groups excluding tert-OH is 2. The summed E-state index contributed by atoms with van der Waals surface area (Å²) in [6.45, 7) is 0.526. The van der Waals surface area contributed by atoms with Crippen molar-refractivity contribution in [3.05, 3.63) is 55.6 Å². The molecule has 0 spiro atoms. The van der Waals surface area contributed by atoms with Gasteiger partial charge in [0.2, 0.25) is 22.4 Å². The van der Waals surface area contributed by atoms with Gasteiger partial charge in [-0.15, -0.1) is 0 Å². The molecule has 0 aliphatic carbocycles. The van der Waals surface area contributed by atoms with Gasteiger partial charge < -0.3 is 29.3 Å². The Hall–Kier alpha value is -2.58. The molecule has 23 heavy (non-hydrogen) atoms. The molecule has 4 N–H and O–H groups in total. The lowest BCUT2D eigenvalue weighted by molar-refractivity contribution is 0.221. The van der Waals surface area contributed by atoms with E-state index in [0.29, 0.717) is 0 Å². The van der Waals surface area contributed by atoms with Crippen LogP contribution in [0.4, 0.5) is 0 Å². The third-order valence-corrected chi connectivity index (χ3v) is 3.35. The number of hydrogen-bond acceptors (Lipinski definition) is 8. The lowest BCUT2D eigenvalue weighted by Crippen LogP contribution is -2.12. The Morgan fingerprint density at radius 1 is 0.913 bits per heavy atom. The first-order valence-electron chi connectivity index (χ1n) is 6.86. The quantitative estimate of drug-likeness (QED) is 0.624. The van der Waals surface area contributed by atoms with Gasteiger partial charge in [-0.3, -0.25) is 9.59 Å². The standard InChI is InChI=1S/C15H16O8/c1-2-9(14-12(20)10(18)3-7(5-16)22-14)15-13(21)11(19)4-8(6-17)23-15/h3-4,9,16-17,20-21H,2,5-6H2,1H3. The lowest BCUT2D eigenvalue weighted by Gasteiger charge is -2.16. The second-order valence-electron chi connectivity index (χ2n) is 4.86. The third kappa shape index (κ3) is 3.13. The summed E-state index contributed by atoms with van der Waals surface area (Å²) >= 11 is 0. The summed E-state index contributed by atoms with van der Waals surface area (Å²) in [6, 6.07) is 1.87. The van der Waals surface area contributed by atoms with Gasteiger partial charge in [0.1, 0.15) is 24.7 Å². The lowest BCUT2D eigenvalue weighted by atomic mass is 9.97. The van der Waals surface area contributed by atoms with Crippen LogP contribution in [0.2, 0.25) is 0 Å². The molecule has 8 heteroatoms. The summed E-state index contributed by atoms with van der Waals surface area (Å²) in [6.07, 6.45) is 0.205. The van der Waals surface area contributed by atoms with Crippen molar-refractivity contribution in [1.29, 1.82) is 0 Å². The van der Waals surface area contributed by atoms with Gasteiger partial charge in [0.05, 0.1) is 5.92 Å². The Bertz CT molecular complexity index is 750. The van der Waals surface area contributed by atoms with Crippen molar-refractivity contribution in [2.75, 3.05) is 0 Å². The zero-order valence-corrected chi connectivity index (χ0v) is 12.3. The molecule has 2 aromatic rings. The smallest absolute Gasteiger partial charge is 0.227 e. The second kappa shape index (κ2) is 6.67. The van der Waals surface area contributed by atoms with Gasteiger partial charge in [0.25, 0.3) is 0 Å². The Balaban J connectivity index is 2.71. The molecule has 0 aromatic carbocycles. The van der Waals surface area contributed by atoms with E-state index in [0.717, 1.165) is 12.1 Å². The monoisotopic (exact) mass is 324 g/mol. The average Bonchev–Trinajstić information content (AvgIpc) is 2.55. The minimum Gasteiger partial charge on any atom is -0.502 e. The maximum absolute atomic E-state index is 11.7. The molecule has 0 unspecified atom stereocenters. The fourth-order valence-electron chi connectivity index (χ4n) is 2.23. The summed E-state index contributed by atoms with van der Waals surface area (Å²) < 4.78 is 10.6. The van der Waals surface area contributed by atoms with Crippen molar-refractivity contribution >= 4 is 0 Å². The van der Waals surface area contributed by atoms with Crippen LogP contribution in [0.1, 0.15) is 42.3 Å². The minimum absolute atomic E-state index is 0.0820. The van der Waals surface area contributed by atoms with Crippen molar-refractivity contribution in [2.24, 2.45) is 0 Å². The second-order valence-corrected chi connectivity index (χ2v) is 4.86. The van der Waals surface area contributed by atoms with Crippen molar-refractivity contribution in [1.82, 2.24) is 0 Å². The van der Waals surface area contributed by atoms with Gasteiger partial charge in [-0.25, -0.2) is 0 Å². The maximum Gasteiger partial charge on any atom is 0.227 e. The summed E-state index contributed by atoms with van der Waals surface area (Å²) in [5, 5.41) is 38.1. The first kappa shape index (κ1) is 16.8. The highest BCUT2D eigenvalue weighted by Gasteiger charge is 2.28. The van der Waals surface area contributed by atoms with E-state index in [-0.39, 0.29) is 29.5 Å². The van der Waals surface area contributed by atoms with Crippen molar-refractivity contribution in [3.63, 3.8) is 0 Å². The molecule has 0 aliphatic heterocycles. The summed E-state index contributed by atoms with van der Waals surface area (Å²) in [7, 11) is 0. The molecule has 0 fully saturated rings. The molecule has 2 aromatic heterocycles. The highest BCUT2D eigenvalue weighted by atomic mass is 16.4. The maximum atomic E-state index is 11.7. The Labute approximate surface area is 129 Å². The normalized spacial score (nSPS) is 11.1. The van der Waals surface area contributed by atoms with Crippen molar-refractivity contribution < 1.29 is 29.3 Å². The van der Waals surface area contributed by atoms with Gasteiger partial charge in [0.15, 0.2) is 11.5 Å². The Morgan fingerprint density at radius 2 is 1.30 bits per heavy atom. The van der Waals surface area contributed by atoms with Gasteiger partial charge in [-0.1, -0.05) is 6.92 Å². The van der Waals surface area contributed by atoms with E-state index in [1.54, 1.807) is 6.92 Å². The van der Waals surface area contributed by atoms with Crippen LogP contribution in [0, 0.1) is 0 Å². The number of aromatic hydroxyl groups is 2. The van der Waals surface area contributed by atoms with Crippen LogP contribution in [-0.2, 0) is 13.2 Å². The molecule has 8 nitrogen and oxygen atoms in total. The highest BCUT2D eigenvalue weighted by Crippen LogP contribution is 2.36. The molecule has 0 bridgehead atoms. The van der Waals surface area contributed by atoms with Crippen LogP contribution in [-0.4, -0.2) is 20.4 Å². The third-order valence-electron chi connectivity index (χ3n) is 3.35. The van der Waals surface area contributed by atoms with Crippen LogP contribution in [0.5, 0.6) is 11.5 Å². The van der Waals surface area contributed by atoms with E-state index < -0.39 is 41.5 Å². The Morgan fingerprint density at radius 3 is 1.61 bits per heavy atom. The molecule has 0 atom stereocenters. The van der Waals surface area contributed by atoms with Gasteiger partial charge in [0, 0.05) is 12.1 Å². The highest BCUT2D eigenvalue weighted by molar-refractivity contribution is 5.37. The molecule has 0 saturated heterocycles. The van der Waals surface area contributed by atoms with Crippen LogP contribution in [0.3, 0.4) is 0 Å². The summed E-state index contributed by atoms with van der Waals surface area (Å²) in [5.41, 5.74) is -1.54. The first-order valence-corrected chi connectivity index (χ1v) is 6.86. The predicted octanol–water partition coefficient (Wildman–Crippen LogP) is 0.531. The predicted molar refractivity (Wildman–Crippen MR) is 77.3 cm³/mol. The summed E-state index contributed by atoms with van der Waals surface area (Å²) in [5.74, 6) is -3.00. The molecule has 2 heterocycles. The SMILES string of the molecule is CCC(c1oc(CO)cc(=O)c1O)c1oc(CO)cc(=O)c1O. The zero-order chi connectivity index (χ0) is 17.1. The topological polar surface area (TPSA) is 141 Å². The van der Waals surface area contributed by atoms with Crippen LogP contribution < -0.4 is 10.9 Å². The molecule has 124 valence electrons. The van der Waals surface area contributed by atoms with E-state index in [9.17, 15) is 19.8 Å². The number of aliphatic hydroxyl groups is 2. The number of hydrogen-bond donors (Lipinski definition) is 4. The van der Waals surface area contributed by atoms with E-state index in [1.807, 2.05) is 0 Å². The van der Waals surface area contributed by atoms with Gasteiger partial charge >= 0.3 is 0 Å². The molecule has 0 amide bonds. The van der Waals surface area contributed by atoms with Crippen LogP contribution in [0.25, 0.3) is 0 Å². The van der Waals surface area contributed by atoms with E-state index in [2.05, 4.69) is 0 Å². The zero-order valence-electron chi connectivity index (χ0n) is 12.3. The van der Waals surface area contributed by atoms with Crippen LogP contribution in [0.15, 0.2) is 30.6 Å². The van der Waals surface area contributed by atoms with Gasteiger partial charge in [-0.2, -0.15) is 0 Å². The fraction of sp³-hybridized carbons (Fsp3) is 0.333. The molecular formula is C15H16O8. The molecule has 0 radical (unpaired) electrons. The summed E-state index contributed by atoms with van der Waals surface area (Å²) in [4.78, 5) is 23.5. The van der Waals surface area contributed by atoms with E-state index in [4.69, 9.17) is 19.0 Å². The van der Waals surface area contributed by atoms with Gasteiger partial charge in [-0.05, 0) is 6.42 Å². The first-order chi connectivity index (χ1) is 10.9. The number of rotatable bonds is 5.